The number of amides is 1. The first-order chi connectivity index (χ1) is 8.46. The van der Waals surface area contributed by atoms with Crippen molar-refractivity contribution >= 4 is 5.91 Å². The maximum absolute atomic E-state index is 11.9. The zero-order chi connectivity index (χ0) is 13.2. The summed E-state index contributed by atoms with van der Waals surface area (Å²) < 4.78 is 35.7. The van der Waals surface area contributed by atoms with Crippen molar-refractivity contribution < 1.29 is 18.0 Å². The zero-order valence-corrected chi connectivity index (χ0v) is 10.2. The molecule has 3 atom stereocenters. The maximum Gasteiger partial charge on any atom is 0.389 e. The van der Waals surface area contributed by atoms with Crippen molar-refractivity contribution in [3.63, 3.8) is 0 Å². The number of hydrogen-bond acceptors (Lipinski definition) is 2. The standard InChI is InChI=1S/C12H19F3N2O/c13-12(14,15)5-1-2-6-16-11(18)9-7-8-3-4-10(9)17-8/h8-10,17H,1-7H2,(H,16,18). The monoisotopic (exact) mass is 264 g/mol. The molecule has 2 heterocycles. The van der Waals surface area contributed by atoms with Crippen LogP contribution in [-0.4, -0.2) is 30.7 Å². The van der Waals surface area contributed by atoms with E-state index in [1.807, 2.05) is 0 Å². The Morgan fingerprint density at radius 1 is 1.28 bits per heavy atom. The van der Waals surface area contributed by atoms with E-state index >= 15 is 0 Å². The molecule has 18 heavy (non-hydrogen) atoms. The zero-order valence-electron chi connectivity index (χ0n) is 10.2. The Hall–Kier alpha value is -0.780. The van der Waals surface area contributed by atoms with E-state index in [1.165, 1.54) is 0 Å². The first kappa shape index (κ1) is 13.6. The molecule has 3 unspecified atom stereocenters. The Morgan fingerprint density at radius 2 is 2.06 bits per heavy atom. The summed E-state index contributed by atoms with van der Waals surface area (Å²) in [5.41, 5.74) is 0. The molecule has 0 radical (unpaired) electrons. The number of alkyl halides is 3. The summed E-state index contributed by atoms with van der Waals surface area (Å²) in [5.74, 6) is 0.0214. The van der Waals surface area contributed by atoms with E-state index in [2.05, 4.69) is 10.6 Å². The van der Waals surface area contributed by atoms with Crippen LogP contribution in [-0.2, 0) is 4.79 Å². The third kappa shape index (κ3) is 3.60. The van der Waals surface area contributed by atoms with Gasteiger partial charge in [-0.25, -0.2) is 0 Å². The van der Waals surface area contributed by atoms with Gasteiger partial charge in [-0.1, -0.05) is 0 Å². The van der Waals surface area contributed by atoms with E-state index in [-0.39, 0.29) is 24.3 Å². The molecule has 0 saturated carbocycles. The van der Waals surface area contributed by atoms with Crippen molar-refractivity contribution in [2.24, 2.45) is 5.92 Å². The number of halogens is 3. The van der Waals surface area contributed by atoms with Gasteiger partial charge >= 0.3 is 6.18 Å². The molecule has 0 aromatic carbocycles. The molecule has 0 aromatic rings. The Balaban J connectivity index is 1.58. The highest BCUT2D eigenvalue weighted by Crippen LogP contribution is 2.33. The van der Waals surface area contributed by atoms with Crippen molar-refractivity contribution in [2.45, 2.75) is 56.8 Å². The number of fused-ring (bicyclic) bond motifs is 2. The minimum Gasteiger partial charge on any atom is -0.356 e. The Labute approximate surface area is 104 Å². The SMILES string of the molecule is O=C(NCCCCC(F)(F)F)C1CC2CCC1N2. The molecule has 2 rings (SSSR count). The largest absolute Gasteiger partial charge is 0.389 e. The van der Waals surface area contributed by atoms with Crippen LogP contribution in [0.5, 0.6) is 0 Å². The summed E-state index contributed by atoms with van der Waals surface area (Å²) in [5, 5.41) is 6.12. The minimum atomic E-state index is -4.08. The second-order valence-electron chi connectivity index (χ2n) is 5.25. The lowest BCUT2D eigenvalue weighted by Gasteiger charge is -2.19. The highest BCUT2D eigenvalue weighted by molar-refractivity contribution is 5.80. The second kappa shape index (κ2) is 5.47. The predicted molar refractivity (Wildman–Crippen MR) is 61.0 cm³/mol. The molecule has 0 spiro atoms. The number of nitrogens with one attached hydrogen (secondary N) is 2. The van der Waals surface area contributed by atoms with E-state index < -0.39 is 12.6 Å². The van der Waals surface area contributed by atoms with Gasteiger partial charge in [-0.15, -0.1) is 0 Å². The Bertz CT molecular complexity index is 306. The quantitative estimate of drug-likeness (QED) is 0.745. The van der Waals surface area contributed by atoms with Crippen LogP contribution in [0.2, 0.25) is 0 Å². The molecular weight excluding hydrogens is 245 g/mol. The second-order valence-corrected chi connectivity index (χ2v) is 5.25. The maximum atomic E-state index is 11.9. The summed E-state index contributed by atoms with van der Waals surface area (Å²) >= 11 is 0. The van der Waals surface area contributed by atoms with Gasteiger partial charge in [-0.3, -0.25) is 4.79 Å². The van der Waals surface area contributed by atoms with E-state index in [9.17, 15) is 18.0 Å². The van der Waals surface area contributed by atoms with Crippen LogP contribution in [0.1, 0.15) is 38.5 Å². The molecule has 6 heteroatoms. The number of rotatable bonds is 5. The van der Waals surface area contributed by atoms with Crippen molar-refractivity contribution in [3.05, 3.63) is 0 Å². The highest BCUT2D eigenvalue weighted by atomic mass is 19.4. The molecule has 0 aromatic heterocycles. The first-order valence-corrected chi connectivity index (χ1v) is 6.56. The summed E-state index contributed by atoms with van der Waals surface area (Å²) in [4.78, 5) is 11.8. The molecule has 2 aliphatic rings. The fraction of sp³-hybridized carbons (Fsp3) is 0.917. The Kier molecular flexibility index (Phi) is 4.14. The third-order valence-corrected chi connectivity index (χ3v) is 3.82. The van der Waals surface area contributed by atoms with Crippen LogP contribution in [0.4, 0.5) is 13.2 Å². The van der Waals surface area contributed by atoms with Gasteiger partial charge in [0, 0.05) is 25.0 Å². The lowest BCUT2D eigenvalue weighted by atomic mass is 9.88. The lowest BCUT2D eigenvalue weighted by molar-refractivity contribution is -0.135. The van der Waals surface area contributed by atoms with Crippen LogP contribution >= 0.6 is 0 Å². The van der Waals surface area contributed by atoms with Gasteiger partial charge in [0.25, 0.3) is 0 Å². The molecule has 2 aliphatic heterocycles. The molecule has 2 N–H and O–H groups in total. The number of carbonyl (C=O) groups excluding carboxylic acids is 1. The van der Waals surface area contributed by atoms with Gasteiger partial charge in [0.1, 0.15) is 0 Å². The fourth-order valence-electron chi connectivity index (χ4n) is 2.91. The summed E-state index contributed by atoms with van der Waals surface area (Å²) in [6.07, 6.45) is -1.33. The summed E-state index contributed by atoms with van der Waals surface area (Å²) in [6.45, 7) is 0.350. The third-order valence-electron chi connectivity index (χ3n) is 3.82. The average Bonchev–Trinajstić information content (AvgIpc) is 2.88. The molecule has 1 amide bonds. The van der Waals surface area contributed by atoms with Crippen molar-refractivity contribution in [2.75, 3.05) is 6.54 Å². The van der Waals surface area contributed by atoms with E-state index in [0.717, 1.165) is 19.3 Å². The van der Waals surface area contributed by atoms with Gasteiger partial charge in [0.05, 0.1) is 5.92 Å². The number of hydrogen-bond donors (Lipinski definition) is 2. The minimum absolute atomic E-state index is 0.00158. The van der Waals surface area contributed by atoms with E-state index in [1.54, 1.807) is 0 Å². The van der Waals surface area contributed by atoms with Crippen molar-refractivity contribution in [1.29, 1.82) is 0 Å². The molecule has 104 valence electrons. The van der Waals surface area contributed by atoms with Gasteiger partial charge < -0.3 is 10.6 Å². The fourth-order valence-corrected chi connectivity index (χ4v) is 2.91. The van der Waals surface area contributed by atoms with Crippen LogP contribution in [0.15, 0.2) is 0 Å². The average molecular weight is 264 g/mol. The lowest BCUT2D eigenvalue weighted by Crippen LogP contribution is -2.37. The molecule has 2 saturated heterocycles. The molecule has 2 fully saturated rings. The first-order valence-electron chi connectivity index (χ1n) is 6.56. The van der Waals surface area contributed by atoms with Gasteiger partial charge in [-0.2, -0.15) is 13.2 Å². The molecule has 3 nitrogen and oxygen atoms in total. The van der Waals surface area contributed by atoms with E-state index in [4.69, 9.17) is 0 Å². The predicted octanol–water partition coefficient (Wildman–Crippen LogP) is 1.98. The topological polar surface area (TPSA) is 41.1 Å². The van der Waals surface area contributed by atoms with Gasteiger partial charge in [-0.05, 0) is 32.1 Å². The molecule has 2 bridgehead atoms. The van der Waals surface area contributed by atoms with Crippen molar-refractivity contribution in [3.8, 4) is 0 Å². The van der Waals surface area contributed by atoms with Crippen LogP contribution in [0, 0.1) is 5.92 Å². The highest BCUT2D eigenvalue weighted by Gasteiger charge is 2.42. The smallest absolute Gasteiger partial charge is 0.356 e. The van der Waals surface area contributed by atoms with E-state index in [0.29, 0.717) is 19.0 Å². The van der Waals surface area contributed by atoms with Gasteiger partial charge in [0.15, 0.2) is 0 Å². The number of carbonyl (C=O) groups is 1. The molecular formula is C12H19F3N2O. The summed E-state index contributed by atoms with van der Waals surface area (Å²) in [6, 6.07) is 0.751. The van der Waals surface area contributed by atoms with Crippen LogP contribution in [0.25, 0.3) is 0 Å². The van der Waals surface area contributed by atoms with Crippen LogP contribution < -0.4 is 10.6 Å². The Morgan fingerprint density at radius 3 is 2.61 bits per heavy atom. The van der Waals surface area contributed by atoms with Crippen molar-refractivity contribution in [1.82, 2.24) is 10.6 Å². The summed E-state index contributed by atoms with van der Waals surface area (Å²) in [7, 11) is 0. The molecule has 0 aliphatic carbocycles. The normalized spacial score (nSPS) is 30.7. The van der Waals surface area contributed by atoms with Gasteiger partial charge in [0.2, 0.25) is 5.91 Å². The van der Waals surface area contributed by atoms with Crippen LogP contribution in [0.3, 0.4) is 0 Å². The number of unbranched alkanes of at least 4 members (excludes halogenated alkanes) is 1.